The molecule has 6 nitrogen and oxygen atoms in total. The lowest BCUT2D eigenvalue weighted by atomic mass is 10.1. The average molecular weight is 436 g/mol. The Morgan fingerprint density at radius 1 is 1.16 bits per heavy atom. The quantitative estimate of drug-likeness (QED) is 0.548. The van der Waals surface area contributed by atoms with Gasteiger partial charge in [0.25, 0.3) is 5.91 Å². The van der Waals surface area contributed by atoms with Gasteiger partial charge in [-0.3, -0.25) is 9.59 Å². The summed E-state index contributed by atoms with van der Waals surface area (Å²) in [6, 6.07) is 13.6. The van der Waals surface area contributed by atoms with Crippen molar-refractivity contribution in [2.75, 3.05) is 12.4 Å². The highest BCUT2D eigenvalue weighted by Gasteiger charge is 2.25. The molecule has 0 aliphatic heterocycles. The third-order valence-corrected chi connectivity index (χ3v) is 6.10. The molecule has 1 fully saturated rings. The van der Waals surface area contributed by atoms with E-state index in [1.807, 2.05) is 5.38 Å². The summed E-state index contributed by atoms with van der Waals surface area (Å²) < 4.78 is 5.24. The van der Waals surface area contributed by atoms with E-state index in [9.17, 15) is 9.59 Å². The second-order valence-corrected chi connectivity index (χ2v) is 8.44. The van der Waals surface area contributed by atoms with Gasteiger partial charge in [0.15, 0.2) is 0 Å². The van der Waals surface area contributed by atoms with Gasteiger partial charge in [-0.2, -0.15) is 0 Å². The summed E-state index contributed by atoms with van der Waals surface area (Å²) in [5.41, 5.74) is 3.89. The first-order valence-corrected chi connectivity index (χ1v) is 11.3. The third-order valence-electron chi connectivity index (χ3n) is 5.16. The normalized spacial score (nSPS) is 13.0. The van der Waals surface area contributed by atoms with Crippen LogP contribution in [0.25, 0.3) is 10.6 Å². The van der Waals surface area contributed by atoms with Gasteiger partial charge in [-0.1, -0.05) is 31.2 Å². The number of aryl methyl sites for hydroxylation is 1. The second-order valence-electron chi connectivity index (χ2n) is 7.58. The van der Waals surface area contributed by atoms with Crippen molar-refractivity contribution in [1.82, 2.24) is 10.3 Å². The molecule has 2 amide bonds. The van der Waals surface area contributed by atoms with Crippen molar-refractivity contribution in [2.24, 2.45) is 0 Å². The lowest BCUT2D eigenvalue weighted by Gasteiger charge is -2.12. The summed E-state index contributed by atoms with van der Waals surface area (Å²) in [5.74, 6) is 0.143. The monoisotopic (exact) mass is 435 g/mol. The minimum atomic E-state index is -0.219. The first-order valence-electron chi connectivity index (χ1n) is 10.4. The maximum atomic E-state index is 12.7. The third kappa shape index (κ3) is 5.30. The van der Waals surface area contributed by atoms with Gasteiger partial charge in [0, 0.05) is 17.0 Å². The summed E-state index contributed by atoms with van der Waals surface area (Å²) in [6.45, 7) is 2.12. The van der Waals surface area contributed by atoms with E-state index < -0.39 is 0 Å². The van der Waals surface area contributed by atoms with Crippen LogP contribution in [0.2, 0.25) is 0 Å². The highest BCUT2D eigenvalue weighted by molar-refractivity contribution is 7.13. The minimum absolute atomic E-state index is 0.138. The molecule has 160 valence electrons. The van der Waals surface area contributed by atoms with Crippen LogP contribution >= 0.6 is 11.3 Å². The van der Waals surface area contributed by atoms with Gasteiger partial charge in [-0.05, 0) is 43.0 Å². The number of aromatic nitrogens is 1. The first kappa shape index (κ1) is 21.1. The van der Waals surface area contributed by atoms with E-state index in [1.165, 1.54) is 16.9 Å². The molecule has 4 rings (SSSR count). The molecule has 1 heterocycles. The van der Waals surface area contributed by atoms with Crippen LogP contribution in [0, 0.1) is 0 Å². The molecule has 2 N–H and O–H groups in total. The summed E-state index contributed by atoms with van der Waals surface area (Å²) in [5, 5.41) is 8.60. The predicted molar refractivity (Wildman–Crippen MR) is 123 cm³/mol. The molecule has 1 aromatic heterocycles. The molecule has 0 atom stereocenters. The first-order chi connectivity index (χ1) is 15.1. The molecule has 0 unspecified atom stereocenters. The number of rotatable bonds is 8. The fourth-order valence-corrected chi connectivity index (χ4v) is 4.03. The van der Waals surface area contributed by atoms with Crippen molar-refractivity contribution in [3.8, 4) is 16.3 Å². The number of benzene rings is 2. The Morgan fingerprint density at radius 3 is 2.61 bits per heavy atom. The van der Waals surface area contributed by atoms with Crippen LogP contribution in [0.5, 0.6) is 5.75 Å². The Labute approximate surface area is 185 Å². The summed E-state index contributed by atoms with van der Waals surface area (Å²) in [4.78, 5) is 29.9. The zero-order valence-electron chi connectivity index (χ0n) is 17.6. The molecular formula is C24H25N3O3S. The van der Waals surface area contributed by atoms with Gasteiger partial charge in [0.1, 0.15) is 10.8 Å². The number of hydrogen-bond donors (Lipinski definition) is 2. The maximum absolute atomic E-state index is 12.7. The second kappa shape index (κ2) is 9.31. The van der Waals surface area contributed by atoms with E-state index in [0.29, 0.717) is 22.7 Å². The largest absolute Gasteiger partial charge is 0.497 e. The Bertz CT molecular complexity index is 1090. The molecule has 1 aliphatic carbocycles. The summed E-state index contributed by atoms with van der Waals surface area (Å²) in [7, 11) is 1.55. The lowest BCUT2D eigenvalue weighted by Crippen LogP contribution is -2.27. The van der Waals surface area contributed by atoms with Crippen LogP contribution in [0.3, 0.4) is 0 Å². The highest BCUT2D eigenvalue weighted by Crippen LogP contribution is 2.26. The topological polar surface area (TPSA) is 80.3 Å². The highest BCUT2D eigenvalue weighted by atomic mass is 32.1. The zero-order valence-corrected chi connectivity index (χ0v) is 18.4. The van der Waals surface area contributed by atoms with Crippen LogP contribution < -0.4 is 15.4 Å². The molecule has 1 aliphatic rings. The molecule has 2 aromatic carbocycles. The van der Waals surface area contributed by atoms with E-state index in [2.05, 4.69) is 46.8 Å². The number of thiazole rings is 1. The molecule has 0 bridgehead atoms. The van der Waals surface area contributed by atoms with E-state index >= 15 is 0 Å². The number of carbonyl (C=O) groups is 2. The number of anilines is 1. The fraction of sp³-hybridized carbons (Fsp3) is 0.292. The molecule has 0 saturated heterocycles. The van der Waals surface area contributed by atoms with E-state index in [4.69, 9.17) is 4.74 Å². The van der Waals surface area contributed by atoms with Gasteiger partial charge in [0.2, 0.25) is 5.91 Å². The number of nitrogens with zero attached hydrogens (tertiary/aromatic N) is 1. The number of ether oxygens (including phenoxy) is 1. The van der Waals surface area contributed by atoms with Gasteiger partial charge >= 0.3 is 0 Å². The Kier molecular flexibility index (Phi) is 6.32. The van der Waals surface area contributed by atoms with Gasteiger partial charge in [-0.15, -0.1) is 11.3 Å². The summed E-state index contributed by atoms with van der Waals surface area (Å²) >= 11 is 1.52. The molecule has 3 aromatic rings. The molecule has 31 heavy (non-hydrogen) atoms. The van der Waals surface area contributed by atoms with Crippen molar-refractivity contribution in [2.45, 2.75) is 38.6 Å². The Hall–Kier alpha value is -3.19. The van der Waals surface area contributed by atoms with Gasteiger partial charge < -0.3 is 15.4 Å². The van der Waals surface area contributed by atoms with E-state index in [0.717, 1.165) is 29.8 Å². The minimum Gasteiger partial charge on any atom is -0.497 e. The van der Waals surface area contributed by atoms with Gasteiger partial charge in [-0.25, -0.2) is 4.98 Å². The van der Waals surface area contributed by atoms with Crippen LogP contribution in [-0.4, -0.2) is 29.9 Å². The standard InChI is InChI=1S/C24H25N3O3S/c1-3-15-4-6-16(7-5-15)24-26-18(14-31-24)12-22(28)27-21-11-10-19(30-2)13-20(21)23(29)25-17-8-9-17/h4-7,10-11,13-14,17H,3,8-9,12H2,1-2H3,(H,25,29)(H,27,28). The van der Waals surface area contributed by atoms with Crippen LogP contribution in [0.1, 0.15) is 41.4 Å². The number of nitrogens with one attached hydrogen (secondary N) is 2. The number of methoxy groups -OCH3 is 1. The maximum Gasteiger partial charge on any atom is 0.253 e. The summed E-state index contributed by atoms with van der Waals surface area (Å²) in [6.07, 6.45) is 3.12. The molecule has 0 spiro atoms. The van der Waals surface area contributed by atoms with Crippen LogP contribution in [-0.2, 0) is 17.6 Å². The van der Waals surface area contributed by atoms with Crippen molar-refractivity contribution >= 4 is 28.8 Å². The van der Waals surface area contributed by atoms with Gasteiger partial charge in [0.05, 0.1) is 30.5 Å². The lowest BCUT2D eigenvalue weighted by molar-refractivity contribution is -0.115. The van der Waals surface area contributed by atoms with E-state index in [-0.39, 0.29) is 24.3 Å². The van der Waals surface area contributed by atoms with Crippen LogP contribution in [0.15, 0.2) is 47.8 Å². The van der Waals surface area contributed by atoms with Crippen molar-refractivity contribution in [1.29, 1.82) is 0 Å². The molecule has 7 heteroatoms. The SMILES string of the molecule is CCc1ccc(-c2nc(CC(=O)Nc3ccc(OC)cc3C(=O)NC3CC3)cs2)cc1. The van der Waals surface area contributed by atoms with Crippen molar-refractivity contribution in [3.63, 3.8) is 0 Å². The number of hydrogen-bond acceptors (Lipinski definition) is 5. The number of carbonyl (C=O) groups excluding carboxylic acids is 2. The van der Waals surface area contributed by atoms with Crippen molar-refractivity contribution in [3.05, 3.63) is 64.7 Å². The van der Waals surface area contributed by atoms with Crippen molar-refractivity contribution < 1.29 is 14.3 Å². The predicted octanol–water partition coefficient (Wildman–Crippen LogP) is 4.45. The molecule has 1 saturated carbocycles. The fourth-order valence-electron chi connectivity index (χ4n) is 3.20. The van der Waals surface area contributed by atoms with Crippen LogP contribution in [0.4, 0.5) is 5.69 Å². The Morgan fingerprint density at radius 2 is 1.94 bits per heavy atom. The molecule has 0 radical (unpaired) electrons. The smallest absolute Gasteiger partial charge is 0.253 e. The molecular weight excluding hydrogens is 410 g/mol. The average Bonchev–Trinajstić information content (AvgIpc) is 3.48. The zero-order chi connectivity index (χ0) is 21.8. The Balaban J connectivity index is 1.45. The number of amides is 2. The van der Waals surface area contributed by atoms with E-state index in [1.54, 1.807) is 25.3 Å².